The van der Waals surface area contributed by atoms with Gasteiger partial charge in [-0.2, -0.15) is 0 Å². The quantitative estimate of drug-likeness (QED) is 0.695. The van der Waals surface area contributed by atoms with Crippen molar-refractivity contribution < 1.29 is 28.5 Å². The second-order valence-corrected chi connectivity index (χ2v) is 6.68. The lowest BCUT2D eigenvalue weighted by molar-refractivity contribution is -0.141. The summed E-state index contributed by atoms with van der Waals surface area (Å²) < 4.78 is 21.0. The van der Waals surface area contributed by atoms with Crippen LogP contribution in [0.25, 0.3) is 0 Å². The molecular formula is C22H25NO6. The van der Waals surface area contributed by atoms with Crippen molar-refractivity contribution in [2.45, 2.75) is 18.9 Å². The highest BCUT2D eigenvalue weighted by molar-refractivity contribution is 5.95. The zero-order chi connectivity index (χ0) is 21.0. The van der Waals surface area contributed by atoms with Crippen LogP contribution in [0.2, 0.25) is 0 Å². The molecule has 2 aromatic carbocycles. The van der Waals surface area contributed by atoms with Crippen LogP contribution in [0.15, 0.2) is 36.4 Å². The molecular weight excluding hydrogens is 374 g/mol. The Morgan fingerprint density at radius 2 is 1.72 bits per heavy atom. The lowest BCUT2D eigenvalue weighted by Crippen LogP contribution is -2.41. The molecule has 0 radical (unpaired) electrons. The van der Waals surface area contributed by atoms with Gasteiger partial charge in [-0.25, -0.2) is 0 Å². The maximum absolute atomic E-state index is 13.3. The molecule has 154 valence electrons. The fourth-order valence-corrected chi connectivity index (χ4v) is 3.65. The number of amides is 1. The van der Waals surface area contributed by atoms with Gasteiger partial charge in [0.15, 0.2) is 11.5 Å². The number of rotatable bonds is 6. The minimum atomic E-state index is -0.468. The van der Waals surface area contributed by atoms with E-state index in [1.807, 2.05) is 12.1 Å². The first kappa shape index (κ1) is 20.5. The van der Waals surface area contributed by atoms with E-state index in [4.69, 9.17) is 18.9 Å². The van der Waals surface area contributed by atoms with E-state index in [-0.39, 0.29) is 18.3 Å². The fraction of sp³-hybridized carbons (Fsp3) is 0.364. The van der Waals surface area contributed by atoms with E-state index in [1.54, 1.807) is 50.5 Å². The van der Waals surface area contributed by atoms with Crippen LogP contribution in [0.5, 0.6) is 17.2 Å². The van der Waals surface area contributed by atoms with Crippen LogP contribution in [0, 0.1) is 0 Å². The van der Waals surface area contributed by atoms with Crippen LogP contribution in [0.3, 0.4) is 0 Å². The summed E-state index contributed by atoms with van der Waals surface area (Å²) in [5, 5.41) is 0. The van der Waals surface area contributed by atoms with E-state index < -0.39 is 6.04 Å². The maximum Gasteiger partial charge on any atom is 0.307 e. The van der Waals surface area contributed by atoms with Crippen molar-refractivity contribution in [3.8, 4) is 17.2 Å². The normalized spacial score (nSPS) is 15.3. The minimum Gasteiger partial charge on any atom is -0.497 e. The van der Waals surface area contributed by atoms with Gasteiger partial charge in [-0.1, -0.05) is 6.07 Å². The van der Waals surface area contributed by atoms with Gasteiger partial charge >= 0.3 is 5.97 Å². The third-order valence-corrected chi connectivity index (χ3v) is 5.17. The molecule has 0 saturated carbocycles. The lowest BCUT2D eigenvalue weighted by Gasteiger charge is -2.37. The zero-order valence-corrected chi connectivity index (χ0v) is 17.1. The molecule has 1 aliphatic heterocycles. The highest BCUT2D eigenvalue weighted by Gasteiger charge is 2.34. The molecule has 0 aliphatic carbocycles. The van der Waals surface area contributed by atoms with Crippen molar-refractivity contribution in [3.63, 3.8) is 0 Å². The summed E-state index contributed by atoms with van der Waals surface area (Å²) in [7, 11) is 6.04. The van der Waals surface area contributed by atoms with E-state index in [0.29, 0.717) is 35.8 Å². The van der Waals surface area contributed by atoms with Gasteiger partial charge in [0.25, 0.3) is 5.91 Å². The smallest absolute Gasteiger partial charge is 0.307 e. The number of nitrogens with zero attached hydrogens (tertiary/aromatic N) is 1. The molecule has 0 saturated heterocycles. The van der Waals surface area contributed by atoms with Crippen molar-refractivity contribution in [2.24, 2.45) is 0 Å². The number of hydrogen-bond acceptors (Lipinski definition) is 6. The fourth-order valence-electron chi connectivity index (χ4n) is 3.65. The van der Waals surface area contributed by atoms with Gasteiger partial charge in [-0.05, 0) is 47.9 Å². The molecule has 0 N–H and O–H groups in total. The Morgan fingerprint density at radius 3 is 2.38 bits per heavy atom. The number of hydrogen-bond donors (Lipinski definition) is 0. The largest absolute Gasteiger partial charge is 0.497 e. The Bertz CT molecular complexity index is 910. The van der Waals surface area contributed by atoms with Crippen molar-refractivity contribution in [1.82, 2.24) is 4.90 Å². The third kappa shape index (κ3) is 4.13. The maximum atomic E-state index is 13.3. The van der Waals surface area contributed by atoms with Crippen LogP contribution < -0.4 is 14.2 Å². The number of carbonyl (C=O) groups is 2. The Kier molecular flexibility index (Phi) is 6.26. The van der Waals surface area contributed by atoms with Crippen LogP contribution in [0.1, 0.15) is 33.9 Å². The number of esters is 1. The molecule has 1 amide bonds. The van der Waals surface area contributed by atoms with Gasteiger partial charge in [-0.15, -0.1) is 0 Å². The van der Waals surface area contributed by atoms with E-state index >= 15 is 0 Å². The van der Waals surface area contributed by atoms with Gasteiger partial charge < -0.3 is 23.8 Å². The van der Waals surface area contributed by atoms with Gasteiger partial charge in [0, 0.05) is 12.1 Å². The second-order valence-electron chi connectivity index (χ2n) is 6.68. The molecule has 1 atom stereocenters. The summed E-state index contributed by atoms with van der Waals surface area (Å²) in [6.45, 7) is 0.472. The lowest BCUT2D eigenvalue weighted by atomic mass is 9.89. The molecule has 1 aliphatic rings. The van der Waals surface area contributed by atoms with Crippen LogP contribution in [-0.2, 0) is 16.0 Å². The Balaban J connectivity index is 2.03. The van der Waals surface area contributed by atoms with Gasteiger partial charge in [0.2, 0.25) is 0 Å². The highest BCUT2D eigenvalue weighted by atomic mass is 16.5. The Hall–Kier alpha value is -3.22. The number of fused-ring (bicyclic) bond motifs is 1. The molecule has 0 unspecified atom stereocenters. The summed E-state index contributed by atoms with van der Waals surface area (Å²) in [5.41, 5.74) is 2.38. The summed E-state index contributed by atoms with van der Waals surface area (Å²) in [6, 6.07) is 10.3. The highest BCUT2D eigenvalue weighted by Crippen LogP contribution is 2.40. The van der Waals surface area contributed by atoms with Crippen molar-refractivity contribution in [3.05, 3.63) is 53.1 Å². The first-order valence-electron chi connectivity index (χ1n) is 9.29. The summed E-state index contributed by atoms with van der Waals surface area (Å²) >= 11 is 0. The number of benzene rings is 2. The predicted molar refractivity (Wildman–Crippen MR) is 107 cm³/mol. The average molecular weight is 399 g/mol. The van der Waals surface area contributed by atoms with Crippen LogP contribution in [-0.4, -0.2) is 51.8 Å². The zero-order valence-electron chi connectivity index (χ0n) is 17.1. The summed E-state index contributed by atoms with van der Waals surface area (Å²) in [6.07, 6.45) is 0.692. The molecule has 7 heteroatoms. The van der Waals surface area contributed by atoms with Crippen LogP contribution in [0.4, 0.5) is 0 Å². The molecule has 0 aromatic heterocycles. The first-order valence-corrected chi connectivity index (χ1v) is 9.29. The number of methoxy groups -OCH3 is 4. The molecule has 0 fully saturated rings. The van der Waals surface area contributed by atoms with Gasteiger partial charge in [0.1, 0.15) is 5.75 Å². The monoisotopic (exact) mass is 399 g/mol. The molecule has 29 heavy (non-hydrogen) atoms. The Morgan fingerprint density at radius 1 is 1.00 bits per heavy atom. The second kappa shape index (κ2) is 8.86. The molecule has 1 heterocycles. The first-order chi connectivity index (χ1) is 14.0. The minimum absolute atomic E-state index is 0.0503. The predicted octanol–water partition coefficient (Wildman–Crippen LogP) is 3.02. The number of ether oxygens (including phenoxy) is 4. The van der Waals surface area contributed by atoms with Crippen molar-refractivity contribution in [2.75, 3.05) is 35.0 Å². The third-order valence-electron chi connectivity index (χ3n) is 5.17. The van der Waals surface area contributed by atoms with E-state index in [1.165, 1.54) is 7.11 Å². The standard InChI is InChI=1S/C22H25NO6/c1-26-16-7-5-6-15(10-16)22(25)23-9-8-14-11-19(27-2)20(28-3)12-17(14)18(23)13-21(24)29-4/h5-7,10-12,18H,8-9,13H2,1-4H3/t18-/m1/s1. The molecule has 2 aromatic rings. The van der Waals surface area contributed by atoms with E-state index in [2.05, 4.69) is 0 Å². The Labute approximate surface area is 170 Å². The topological polar surface area (TPSA) is 74.3 Å². The molecule has 0 bridgehead atoms. The average Bonchev–Trinajstić information content (AvgIpc) is 2.77. The van der Waals surface area contributed by atoms with Gasteiger partial charge in [-0.3, -0.25) is 9.59 Å². The summed E-state index contributed by atoms with van der Waals surface area (Å²) in [5.74, 6) is 1.22. The number of carbonyl (C=O) groups excluding carboxylic acids is 2. The molecule has 3 rings (SSSR count). The molecule has 7 nitrogen and oxygen atoms in total. The van der Waals surface area contributed by atoms with Crippen LogP contribution >= 0.6 is 0 Å². The van der Waals surface area contributed by atoms with E-state index in [9.17, 15) is 9.59 Å². The van der Waals surface area contributed by atoms with Crippen molar-refractivity contribution >= 4 is 11.9 Å². The van der Waals surface area contributed by atoms with Crippen molar-refractivity contribution in [1.29, 1.82) is 0 Å². The SMILES string of the molecule is COC(=O)C[C@@H]1c2cc(OC)c(OC)cc2CCN1C(=O)c1cccc(OC)c1. The summed E-state index contributed by atoms with van der Waals surface area (Å²) in [4.78, 5) is 27.1. The van der Waals surface area contributed by atoms with E-state index in [0.717, 1.165) is 11.1 Å². The van der Waals surface area contributed by atoms with Gasteiger partial charge in [0.05, 0.1) is 40.9 Å². The molecule has 0 spiro atoms.